The number of aliphatic hydroxyl groups is 5. The first kappa shape index (κ1) is 45.4. The summed E-state index contributed by atoms with van der Waals surface area (Å²) in [5.74, 6) is -1.72. The van der Waals surface area contributed by atoms with Crippen molar-refractivity contribution < 1.29 is 73.1 Å². The Balaban J connectivity index is 1.87. The zero-order chi connectivity index (χ0) is 38.5. The van der Waals surface area contributed by atoms with E-state index in [-0.39, 0.29) is 5.97 Å². The van der Waals surface area contributed by atoms with Crippen molar-refractivity contribution in [2.75, 3.05) is 20.3 Å². The lowest BCUT2D eigenvalue weighted by atomic mass is 9.97. The van der Waals surface area contributed by atoms with E-state index in [9.17, 15) is 39.9 Å². The smallest absolute Gasteiger partial charge is 0.330 e. The van der Waals surface area contributed by atoms with Crippen LogP contribution >= 0.6 is 0 Å². The van der Waals surface area contributed by atoms with Gasteiger partial charge in [0, 0.05) is 18.6 Å². The van der Waals surface area contributed by atoms with Crippen LogP contribution in [-0.2, 0) is 47.5 Å². The van der Waals surface area contributed by atoms with Gasteiger partial charge in [0.1, 0.15) is 62.0 Å². The molecule has 0 amide bonds. The first-order valence-electron chi connectivity index (χ1n) is 18.3. The van der Waals surface area contributed by atoms with Gasteiger partial charge in [-0.15, -0.1) is 0 Å². The molecule has 1 unspecified atom stereocenters. The molecule has 52 heavy (non-hydrogen) atoms. The van der Waals surface area contributed by atoms with E-state index in [1.807, 2.05) is 6.92 Å². The van der Waals surface area contributed by atoms with E-state index in [1.54, 1.807) is 0 Å². The fourth-order valence-electron chi connectivity index (χ4n) is 5.81. The molecule has 0 aliphatic carbocycles. The lowest BCUT2D eigenvalue weighted by molar-refractivity contribution is -0.371. The minimum atomic E-state index is -1.81. The van der Waals surface area contributed by atoms with Crippen LogP contribution < -0.4 is 0 Å². The fourth-order valence-corrected chi connectivity index (χ4v) is 5.81. The number of carbonyl (C=O) groups is 3. The number of ether oxygens (including phenoxy) is 7. The van der Waals surface area contributed by atoms with Crippen molar-refractivity contribution in [1.29, 1.82) is 0 Å². The Morgan fingerprint density at radius 1 is 0.673 bits per heavy atom. The van der Waals surface area contributed by atoms with E-state index >= 15 is 0 Å². The molecule has 0 aromatic heterocycles. The fraction of sp³-hybridized carbons (Fsp3) is 0.757. The normalized spacial score (nSPS) is 29.7. The largest absolute Gasteiger partial charge is 0.469 e. The minimum absolute atomic E-state index is 0.150. The third-order valence-corrected chi connectivity index (χ3v) is 8.96. The highest BCUT2D eigenvalue weighted by Gasteiger charge is 2.51. The predicted molar refractivity (Wildman–Crippen MR) is 186 cm³/mol. The monoisotopic (exact) mass is 744 g/mol. The standard InChI is InChI=1S/C37H60O15/c1-5-27(38)47-22-25-30(41)32(43)34(45)36(50-25)52-35-33(44)31(42)26(23-48-28(39)6-2)51-37(35)49-24(3)20-18-16-14-12-10-8-7-9-11-13-15-17-19-21-29(40)46-4/h5-8,24-26,30-37,41-45H,1-2,9-23H2,3-4H3/b8-7-/t24?,25-,26-,30-,31-,32+,33+,34-,35-,36+,37-/m1/s1. The summed E-state index contributed by atoms with van der Waals surface area (Å²) in [5.41, 5.74) is 0. The Hall–Kier alpha value is -2.73. The highest BCUT2D eigenvalue weighted by atomic mass is 16.8. The molecule has 2 rings (SSSR count). The number of carbonyl (C=O) groups excluding carboxylic acids is 3. The van der Waals surface area contributed by atoms with Gasteiger partial charge in [0.15, 0.2) is 12.6 Å². The van der Waals surface area contributed by atoms with Gasteiger partial charge in [0.05, 0.1) is 13.2 Å². The summed E-state index contributed by atoms with van der Waals surface area (Å²) in [7, 11) is 1.41. The summed E-state index contributed by atoms with van der Waals surface area (Å²) in [4.78, 5) is 34.3. The van der Waals surface area contributed by atoms with E-state index in [1.165, 1.54) is 7.11 Å². The number of esters is 3. The Morgan fingerprint density at radius 3 is 1.73 bits per heavy atom. The van der Waals surface area contributed by atoms with Gasteiger partial charge in [-0.25, -0.2) is 9.59 Å². The first-order valence-corrected chi connectivity index (χ1v) is 18.3. The molecule has 2 aliphatic rings. The molecule has 15 heteroatoms. The van der Waals surface area contributed by atoms with Gasteiger partial charge in [0.2, 0.25) is 0 Å². The average Bonchev–Trinajstić information content (AvgIpc) is 3.14. The lowest BCUT2D eigenvalue weighted by Gasteiger charge is -2.46. The van der Waals surface area contributed by atoms with Crippen LogP contribution in [0, 0.1) is 0 Å². The van der Waals surface area contributed by atoms with Crippen molar-refractivity contribution in [1.82, 2.24) is 0 Å². The van der Waals surface area contributed by atoms with Gasteiger partial charge in [-0.3, -0.25) is 4.79 Å². The molecule has 2 fully saturated rings. The van der Waals surface area contributed by atoms with Crippen molar-refractivity contribution in [2.24, 2.45) is 0 Å². The highest BCUT2D eigenvalue weighted by molar-refractivity contribution is 5.81. The van der Waals surface area contributed by atoms with Gasteiger partial charge in [-0.2, -0.15) is 0 Å². The molecule has 2 heterocycles. The second-order valence-electron chi connectivity index (χ2n) is 13.1. The molecule has 0 aromatic rings. The number of allylic oxidation sites excluding steroid dienone is 2. The second-order valence-corrected chi connectivity index (χ2v) is 13.1. The number of rotatable bonds is 25. The van der Waals surface area contributed by atoms with Crippen molar-refractivity contribution in [3.8, 4) is 0 Å². The zero-order valence-corrected chi connectivity index (χ0v) is 30.5. The third kappa shape index (κ3) is 16.1. The van der Waals surface area contributed by atoms with Gasteiger partial charge < -0.3 is 58.7 Å². The minimum Gasteiger partial charge on any atom is -0.469 e. The van der Waals surface area contributed by atoms with E-state index < -0.39 is 92.7 Å². The van der Waals surface area contributed by atoms with Crippen LogP contribution in [0.15, 0.2) is 37.5 Å². The van der Waals surface area contributed by atoms with E-state index in [2.05, 4.69) is 30.0 Å². The maximum absolute atomic E-state index is 11.7. The Kier molecular flexibility index (Phi) is 22.1. The Labute approximate surface area is 306 Å². The van der Waals surface area contributed by atoms with Gasteiger partial charge in [0.25, 0.3) is 0 Å². The van der Waals surface area contributed by atoms with Gasteiger partial charge >= 0.3 is 17.9 Å². The van der Waals surface area contributed by atoms with Gasteiger partial charge in [-0.1, -0.05) is 63.8 Å². The molecular weight excluding hydrogens is 684 g/mol. The number of aliphatic hydroxyl groups excluding tert-OH is 5. The number of hydrogen-bond donors (Lipinski definition) is 5. The molecular formula is C37H60O15. The topological polar surface area (TPSA) is 217 Å². The number of unbranched alkanes of at least 4 members (excludes halogenated alkanes) is 9. The molecule has 2 aliphatic heterocycles. The molecule has 0 aromatic carbocycles. The quantitative estimate of drug-likeness (QED) is 0.0298. The van der Waals surface area contributed by atoms with Gasteiger partial charge in [-0.05, 0) is 45.4 Å². The summed E-state index contributed by atoms with van der Waals surface area (Å²) >= 11 is 0. The third-order valence-electron chi connectivity index (χ3n) is 8.96. The molecule has 11 atom stereocenters. The van der Waals surface area contributed by atoms with Crippen LogP contribution in [0.4, 0.5) is 0 Å². The maximum Gasteiger partial charge on any atom is 0.330 e. The molecule has 0 spiro atoms. The molecule has 0 bridgehead atoms. The summed E-state index contributed by atoms with van der Waals surface area (Å²) in [6, 6.07) is 0. The maximum atomic E-state index is 11.7. The second kappa shape index (κ2) is 25.3. The van der Waals surface area contributed by atoms with Crippen LogP contribution in [0.2, 0.25) is 0 Å². The van der Waals surface area contributed by atoms with E-state index in [0.29, 0.717) is 12.8 Å². The van der Waals surface area contributed by atoms with Crippen LogP contribution in [0.25, 0.3) is 0 Å². The van der Waals surface area contributed by atoms with Crippen LogP contribution in [0.1, 0.15) is 90.4 Å². The molecule has 0 radical (unpaired) electrons. The summed E-state index contributed by atoms with van der Waals surface area (Å²) in [6.07, 6.45) is 2.64. The molecule has 2 saturated heterocycles. The zero-order valence-electron chi connectivity index (χ0n) is 30.5. The number of methoxy groups -OCH3 is 1. The van der Waals surface area contributed by atoms with Crippen LogP contribution in [0.5, 0.6) is 0 Å². The molecule has 0 saturated carbocycles. The van der Waals surface area contributed by atoms with Crippen molar-refractivity contribution in [3.63, 3.8) is 0 Å². The van der Waals surface area contributed by atoms with E-state index in [0.717, 1.165) is 82.8 Å². The van der Waals surface area contributed by atoms with Crippen molar-refractivity contribution in [2.45, 2.75) is 158 Å². The first-order chi connectivity index (χ1) is 24.9. The lowest BCUT2D eigenvalue weighted by Crippen LogP contribution is -2.65. The molecule has 15 nitrogen and oxygen atoms in total. The van der Waals surface area contributed by atoms with Crippen molar-refractivity contribution in [3.05, 3.63) is 37.5 Å². The van der Waals surface area contributed by atoms with Crippen molar-refractivity contribution >= 4 is 17.9 Å². The Bertz CT molecular complexity index is 1100. The SMILES string of the molecule is C=CC(=O)OC[C@H]1O[C@@H](O[C@H]2[C@H](OC(C)CCCCCC/C=C\CCCCCCCC(=O)OC)O[C@H](COC(=O)C=C)[C@@H](O)[C@@H]2O)[C@H](O)[C@@H](O)[C@@H]1O. The highest BCUT2D eigenvalue weighted by Crippen LogP contribution is 2.31. The summed E-state index contributed by atoms with van der Waals surface area (Å²) in [6.45, 7) is 7.49. The Morgan fingerprint density at radius 2 is 1.17 bits per heavy atom. The summed E-state index contributed by atoms with van der Waals surface area (Å²) < 4.78 is 38.1. The predicted octanol–water partition coefficient (Wildman–Crippen LogP) is 2.29. The van der Waals surface area contributed by atoms with Crippen LogP contribution in [-0.4, -0.2) is 131 Å². The average molecular weight is 745 g/mol. The molecule has 5 N–H and O–H groups in total. The molecule has 298 valence electrons. The van der Waals surface area contributed by atoms with E-state index in [4.69, 9.17) is 28.4 Å². The number of hydrogen-bond acceptors (Lipinski definition) is 15. The summed E-state index contributed by atoms with van der Waals surface area (Å²) in [5, 5.41) is 53.4. The van der Waals surface area contributed by atoms with Crippen LogP contribution in [0.3, 0.4) is 0 Å².